The number of benzene rings is 1. The third-order valence-electron chi connectivity index (χ3n) is 7.59. The van der Waals surface area contributed by atoms with E-state index in [1.165, 1.54) is 44.9 Å². The second kappa shape index (κ2) is 6.19. The van der Waals surface area contributed by atoms with Crippen LogP contribution in [0, 0.1) is 17.3 Å². The summed E-state index contributed by atoms with van der Waals surface area (Å²) in [6.45, 7) is 0. The second-order valence-electron chi connectivity index (χ2n) is 9.51. The van der Waals surface area contributed by atoms with Crippen molar-refractivity contribution < 1.29 is 4.79 Å². The zero-order chi connectivity index (χ0) is 18.5. The van der Waals surface area contributed by atoms with E-state index in [9.17, 15) is 4.79 Å². The Kier molecular flexibility index (Phi) is 3.89. The molecule has 4 aliphatic rings. The molecule has 0 radical (unpaired) electrons. The molecule has 2 unspecified atom stereocenters. The van der Waals surface area contributed by atoms with Gasteiger partial charge in [-0.25, -0.2) is 0 Å². The first-order valence-electron chi connectivity index (χ1n) is 10.4. The third-order valence-corrected chi connectivity index (χ3v) is 7.59. The molecule has 1 heterocycles. The molecule has 3 nitrogen and oxygen atoms in total. The summed E-state index contributed by atoms with van der Waals surface area (Å²) in [5.74, 6) is 1.40. The van der Waals surface area contributed by atoms with Crippen LogP contribution in [0.5, 0.6) is 0 Å². The van der Waals surface area contributed by atoms with Crippen LogP contribution in [0.15, 0.2) is 48.7 Å². The molecule has 140 valence electrons. The van der Waals surface area contributed by atoms with Crippen molar-refractivity contribution in [2.45, 2.75) is 56.8 Å². The number of aromatic nitrogens is 1. The zero-order valence-electron chi connectivity index (χ0n) is 15.9. The molecule has 6 rings (SSSR count). The van der Waals surface area contributed by atoms with Crippen molar-refractivity contribution in [2.24, 2.45) is 23.0 Å². The molecule has 4 fully saturated rings. The van der Waals surface area contributed by atoms with Crippen molar-refractivity contribution in [1.29, 1.82) is 0 Å². The van der Waals surface area contributed by atoms with Gasteiger partial charge in [-0.05, 0) is 91.7 Å². The highest BCUT2D eigenvalue weighted by molar-refractivity contribution is 5.92. The number of hydrogen-bond acceptors (Lipinski definition) is 2. The van der Waals surface area contributed by atoms with Crippen LogP contribution in [-0.2, 0) is 11.8 Å². The predicted octanol–water partition coefficient (Wildman–Crippen LogP) is 4.65. The van der Waals surface area contributed by atoms with E-state index in [0.717, 1.165) is 24.0 Å². The summed E-state index contributed by atoms with van der Waals surface area (Å²) < 4.78 is 0. The number of nitrogens with two attached hydrogens (primary N) is 1. The Morgan fingerprint density at radius 2 is 1.78 bits per heavy atom. The van der Waals surface area contributed by atoms with Crippen LogP contribution in [0.3, 0.4) is 0 Å². The highest BCUT2D eigenvalue weighted by Crippen LogP contribution is 2.66. The lowest BCUT2D eigenvalue weighted by Crippen LogP contribution is -2.54. The Balaban J connectivity index is 1.37. The van der Waals surface area contributed by atoms with E-state index in [4.69, 9.17) is 5.73 Å². The van der Waals surface area contributed by atoms with Gasteiger partial charge in [-0.2, -0.15) is 0 Å². The van der Waals surface area contributed by atoms with Crippen molar-refractivity contribution >= 4 is 5.91 Å². The molecule has 2 atom stereocenters. The average molecular weight is 361 g/mol. The molecular weight excluding hydrogens is 332 g/mol. The number of rotatable bonds is 5. The lowest BCUT2D eigenvalue weighted by atomic mass is 9.42. The number of aryl methyl sites for hydroxylation is 1. The molecule has 0 spiro atoms. The minimum absolute atomic E-state index is 0.403. The second-order valence-corrected chi connectivity index (χ2v) is 9.51. The maximum atomic E-state index is 11.3. The fraction of sp³-hybridized carbons (Fsp3) is 0.500. The Labute approximate surface area is 161 Å². The highest BCUT2D eigenvalue weighted by Gasteiger charge is 2.57. The summed E-state index contributed by atoms with van der Waals surface area (Å²) in [6.07, 6.45) is 12.2. The maximum absolute atomic E-state index is 11.3. The topological polar surface area (TPSA) is 56.0 Å². The molecule has 4 saturated carbocycles. The smallest absolute Gasteiger partial charge is 0.250 e. The molecule has 2 N–H and O–H groups in total. The Hall–Kier alpha value is -2.16. The zero-order valence-corrected chi connectivity index (χ0v) is 15.9. The quantitative estimate of drug-likeness (QED) is 0.844. The Morgan fingerprint density at radius 1 is 1.04 bits per heavy atom. The number of pyridine rings is 1. The van der Waals surface area contributed by atoms with Gasteiger partial charge in [0.25, 0.3) is 0 Å². The summed E-state index contributed by atoms with van der Waals surface area (Å²) in [7, 11) is 0. The van der Waals surface area contributed by atoms with Gasteiger partial charge < -0.3 is 5.73 Å². The molecule has 0 aliphatic heterocycles. The van der Waals surface area contributed by atoms with E-state index in [1.807, 2.05) is 12.1 Å². The monoisotopic (exact) mass is 360 g/mol. The number of hydrogen-bond donors (Lipinski definition) is 1. The van der Waals surface area contributed by atoms with Crippen LogP contribution in [0.1, 0.15) is 66.6 Å². The Bertz CT molecular complexity index is 828. The van der Waals surface area contributed by atoms with Gasteiger partial charge in [0.2, 0.25) is 5.91 Å². The normalized spacial score (nSPS) is 33.9. The molecule has 0 saturated heterocycles. The van der Waals surface area contributed by atoms with E-state index >= 15 is 0 Å². The number of nitrogens with zero attached hydrogens (tertiary/aromatic N) is 1. The summed E-state index contributed by atoms with van der Waals surface area (Å²) in [5, 5.41) is 0. The number of carbonyl (C=O) groups excluding carboxylic acids is 1. The maximum Gasteiger partial charge on any atom is 0.250 e. The first kappa shape index (κ1) is 17.0. The first-order valence-corrected chi connectivity index (χ1v) is 10.4. The van der Waals surface area contributed by atoms with Gasteiger partial charge in [0.05, 0.1) is 5.56 Å². The lowest BCUT2D eigenvalue weighted by Gasteiger charge is -2.63. The van der Waals surface area contributed by atoms with Crippen molar-refractivity contribution in [3.63, 3.8) is 0 Å². The van der Waals surface area contributed by atoms with Crippen molar-refractivity contribution in [3.8, 4) is 0 Å². The molecule has 3 heteroatoms. The average Bonchev–Trinajstić information content (AvgIpc) is 2.66. The fourth-order valence-corrected chi connectivity index (χ4v) is 6.99. The molecule has 1 aromatic carbocycles. The summed E-state index contributed by atoms with van der Waals surface area (Å²) in [5.41, 5.74) is 9.38. The molecular formula is C24H28N2O. The van der Waals surface area contributed by atoms with Gasteiger partial charge in [0.15, 0.2) is 0 Å². The summed E-state index contributed by atoms with van der Waals surface area (Å²) in [6, 6.07) is 15.1. The van der Waals surface area contributed by atoms with Gasteiger partial charge >= 0.3 is 0 Å². The van der Waals surface area contributed by atoms with Gasteiger partial charge in [-0.15, -0.1) is 0 Å². The van der Waals surface area contributed by atoms with E-state index in [0.29, 0.717) is 16.4 Å². The van der Waals surface area contributed by atoms with E-state index in [1.54, 1.807) is 11.8 Å². The first-order chi connectivity index (χ1) is 13.1. The number of amides is 1. The van der Waals surface area contributed by atoms with Crippen LogP contribution in [0.2, 0.25) is 0 Å². The minimum atomic E-state index is -0.403. The third kappa shape index (κ3) is 2.97. The SMILES string of the molecule is NC(=O)c1ccc(CCC23CC4CC(C2)CC(c2ccccc2)(C4)C3)nc1. The van der Waals surface area contributed by atoms with E-state index in [2.05, 4.69) is 35.3 Å². The van der Waals surface area contributed by atoms with Gasteiger partial charge in [-0.3, -0.25) is 9.78 Å². The molecule has 1 amide bonds. The van der Waals surface area contributed by atoms with Gasteiger partial charge in [0, 0.05) is 11.9 Å². The Morgan fingerprint density at radius 3 is 2.41 bits per heavy atom. The van der Waals surface area contributed by atoms with Crippen molar-refractivity contribution in [2.75, 3.05) is 0 Å². The molecule has 27 heavy (non-hydrogen) atoms. The lowest BCUT2D eigenvalue weighted by molar-refractivity contribution is -0.0761. The molecule has 1 aromatic heterocycles. The largest absolute Gasteiger partial charge is 0.366 e. The van der Waals surface area contributed by atoms with Gasteiger partial charge in [-0.1, -0.05) is 30.3 Å². The minimum Gasteiger partial charge on any atom is -0.366 e. The van der Waals surface area contributed by atoms with Crippen LogP contribution in [-0.4, -0.2) is 10.9 Å². The summed E-state index contributed by atoms with van der Waals surface area (Å²) in [4.78, 5) is 15.7. The standard InChI is InChI=1S/C24H28N2O/c25-22(27)19-6-7-21(26-15-19)8-9-23-11-17-10-18(12-23)14-24(13-17,16-23)20-4-2-1-3-5-20/h1-7,15,17-18H,8-14,16H2,(H2,25,27). The van der Waals surface area contributed by atoms with Crippen LogP contribution >= 0.6 is 0 Å². The van der Waals surface area contributed by atoms with E-state index < -0.39 is 5.91 Å². The number of carbonyl (C=O) groups is 1. The highest BCUT2D eigenvalue weighted by atomic mass is 16.1. The number of primary amides is 1. The fourth-order valence-electron chi connectivity index (χ4n) is 6.99. The predicted molar refractivity (Wildman–Crippen MR) is 106 cm³/mol. The van der Waals surface area contributed by atoms with Crippen LogP contribution in [0.25, 0.3) is 0 Å². The molecule has 2 aromatic rings. The van der Waals surface area contributed by atoms with Crippen LogP contribution in [0.4, 0.5) is 0 Å². The van der Waals surface area contributed by atoms with Crippen molar-refractivity contribution in [1.82, 2.24) is 4.98 Å². The summed E-state index contributed by atoms with van der Waals surface area (Å²) >= 11 is 0. The van der Waals surface area contributed by atoms with E-state index in [-0.39, 0.29) is 0 Å². The molecule has 4 bridgehead atoms. The van der Waals surface area contributed by atoms with Gasteiger partial charge in [0.1, 0.15) is 0 Å². The molecule has 4 aliphatic carbocycles. The van der Waals surface area contributed by atoms with Crippen LogP contribution < -0.4 is 5.73 Å². The van der Waals surface area contributed by atoms with Crippen molar-refractivity contribution in [3.05, 3.63) is 65.5 Å².